The van der Waals surface area contributed by atoms with Crippen molar-refractivity contribution >= 4 is 5.91 Å². The molecule has 2 fully saturated rings. The van der Waals surface area contributed by atoms with E-state index >= 15 is 0 Å². The molecule has 2 aliphatic heterocycles. The van der Waals surface area contributed by atoms with Gasteiger partial charge >= 0.3 is 0 Å². The lowest BCUT2D eigenvalue weighted by Crippen LogP contribution is -2.65. The van der Waals surface area contributed by atoms with Gasteiger partial charge in [-0.2, -0.15) is 0 Å². The number of carbonyl (C=O) groups excluding carboxylic acids is 1. The normalized spacial score (nSPS) is 24.7. The molecule has 2 aliphatic rings. The van der Waals surface area contributed by atoms with Gasteiger partial charge in [0, 0.05) is 6.42 Å². The smallest absolute Gasteiger partial charge is 0.220 e. The summed E-state index contributed by atoms with van der Waals surface area (Å²) < 4.78 is 22.9. The van der Waals surface area contributed by atoms with Crippen LogP contribution in [-0.2, 0) is 23.7 Å². The number of amides is 1. The minimum atomic E-state index is -1.78. The van der Waals surface area contributed by atoms with Crippen LogP contribution in [0.4, 0.5) is 0 Å². The number of ether oxygens (including phenoxy) is 4. The van der Waals surface area contributed by atoms with E-state index in [1.165, 1.54) is 161 Å². The first-order valence-electron chi connectivity index (χ1n) is 32.4. The van der Waals surface area contributed by atoms with E-state index < -0.39 is 86.8 Å². The van der Waals surface area contributed by atoms with Crippen LogP contribution in [0.25, 0.3) is 0 Å². The summed E-state index contributed by atoms with van der Waals surface area (Å²) in [5.41, 5.74) is 0. The van der Waals surface area contributed by atoms with Gasteiger partial charge in [0.1, 0.15) is 48.8 Å². The molecular weight excluding hydrogens is 1000 g/mol. The van der Waals surface area contributed by atoms with Crippen LogP contribution in [0.3, 0.4) is 0 Å². The van der Waals surface area contributed by atoms with E-state index in [1.807, 2.05) is 0 Å². The first-order chi connectivity index (χ1) is 38.6. The molecular formula is C65H119NO13. The van der Waals surface area contributed by atoms with Crippen molar-refractivity contribution < 1.29 is 64.6 Å². The Balaban J connectivity index is 1.67. The van der Waals surface area contributed by atoms with Crippen molar-refractivity contribution in [2.75, 3.05) is 19.8 Å². The van der Waals surface area contributed by atoms with Crippen LogP contribution in [0, 0.1) is 0 Å². The van der Waals surface area contributed by atoms with Crippen LogP contribution in [0.15, 0.2) is 48.6 Å². The fourth-order valence-corrected chi connectivity index (χ4v) is 10.6. The van der Waals surface area contributed by atoms with Gasteiger partial charge in [-0.05, 0) is 51.4 Å². The molecule has 0 radical (unpaired) electrons. The van der Waals surface area contributed by atoms with Gasteiger partial charge in [0.2, 0.25) is 5.91 Å². The molecule has 2 rings (SSSR count). The summed E-state index contributed by atoms with van der Waals surface area (Å²) in [6, 6.07) is -0.829. The summed E-state index contributed by atoms with van der Waals surface area (Å²) in [5, 5.41) is 87.4. The van der Waals surface area contributed by atoms with Crippen LogP contribution in [0.5, 0.6) is 0 Å². The number of carbonyl (C=O) groups is 1. The van der Waals surface area contributed by atoms with E-state index in [4.69, 9.17) is 18.9 Å². The largest absolute Gasteiger partial charge is 0.394 e. The molecule has 14 heteroatoms. The predicted octanol–water partition coefficient (Wildman–Crippen LogP) is 12.0. The van der Waals surface area contributed by atoms with Gasteiger partial charge in [0.15, 0.2) is 12.6 Å². The molecule has 0 aromatic heterocycles. The molecule has 12 atom stereocenters. The summed E-state index contributed by atoms with van der Waals surface area (Å²) in [6.07, 6.45) is 46.9. The number of aliphatic hydroxyl groups is 8. The predicted molar refractivity (Wildman–Crippen MR) is 318 cm³/mol. The van der Waals surface area contributed by atoms with E-state index in [1.54, 1.807) is 0 Å². The molecule has 79 heavy (non-hydrogen) atoms. The maximum Gasteiger partial charge on any atom is 0.220 e. The van der Waals surface area contributed by atoms with Gasteiger partial charge in [-0.3, -0.25) is 4.79 Å². The molecule has 12 unspecified atom stereocenters. The van der Waals surface area contributed by atoms with Gasteiger partial charge in [0.25, 0.3) is 0 Å². The maximum absolute atomic E-state index is 13.3. The molecule has 2 heterocycles. The Labute approximate surface area is 480 Å². The highest BCUT2D eigenvalue weighted by Crippen LogP contribution is 2.30. The van der Waals surface area contributed by atoms with Crippen molar-refractivity contribution in [3.05, 3.63) is 48.6 Å². The quantitative estimate of drug-likeness (QED) is 0.0204. The first kappa shape index (κ1) is 73.1. The third-order valence-corrected chi connectivity index (χ3v) is 15.8. The lowest BCUT2D eigenvalue weighted by molar-refractivity contribution is -0.359. The third-order valence-electron chi connectivity index (χ3n) is 15.8. The van der Waals surface area contributed by atoms with Gasteiger partial charge in [-0.15, -0.1) is 0 Å². The molecule has 0 spiro atoms. The monoisotopic (exact) mass is 1120 g/mol. The zero-order valence-electron chi connectivity index (χ0n) is 49.9. The third kappa shape index (κ3) is 35.6. The molecule has 1 amide bonds. The highest BCUT2D eigenvalue weighted by molar-refractivity contribution is 5.76. The second kappa shape index (κ2) is 50.5. The topological polar surface area (TPSA) is 228 Å². The lowest BCUT2D eigenvalue weighted by Gasteiger charge is -2.46. The first-order valence-corrected chi connectivity index (χ1v) is 32.4. The fourth-order valence-electron chi connectivity index (χ4n) is 10.6. The molecule has 0 aromatic carbocycles. The standard InChI is InChI=1S/C65H119NO13/c1-3-5-7-9-11-13-15-17-19-21-22-23-24-25-26-27-28-29-30-31-32-33-35-37-39-41-43-45-47-49-57(70)66-53(54(69)48-46-44-42-40-38-36-34-20-18-16-14-12-10-8-6-4-2)52-76-64-62(75)60(73)63(56(51-68)78-64)79-65-61(74)59(72)58(71)55(50-67)77-65/h5,7,11,13,17,19,22-23,53-56,58-65,67-69,71-75H,3-4,6,8-10,12,14-16,18,20-21,24-52H2,1-2H3,(H,66,70)/b7-5-,13-11-,19-17-,23-22-. The number of aliphatic hydroxyl groups excluding tert-OH is 8. The second-order valence-corrected chi connectivity index (χ2v) is 22.9. The molecule has 462 valence electrons. The SMILES string of the molecule is CC/C=C\C/C=C\C/C=C\C/C=C\CCCCCCCCCCCCCCCCCCC(=O)NC(COC1OC(CO)C(OC2OC(CO)C(O)C(O)C2O)C(O)C1O)C(O)CCCCCCCCCCCCCCCCCC. The average Bonchev–Trinajstić information content (AvgIpc) is 3.48. The van der Waals surface area contributed by atoms with Crippen LogP contribution >= 0.6 is 0 Å². The van der Waals surface area contributed by atoms with Crippen LogP contribution in [0.1, 0.15) is 264 Å². The lowest BCUT2D eigenvalue weighted by atomic mass is 9.97. The number of hydrogen-bond acceptors (Lipinski definition) is 13. The zero-order valence-corrected chi connectivity index (χ0v) is 49.9. The Morgan fingerprint density at radius 3 is 1.34 bits per heavy atom. The number of unbranched alkanes of at least 4 members (excludes halogenated alkanes) is 31. The fraction of sp³-hybridized carbons (Fsp3) is 0.862. The van der Waals surface area contributed by atoms with Crippen molar-refractivity contribution in [1.82, 2.24) is 5.32 Å². The molecule has 9 N–H and O–H groups in total. The number of hydrogen-bond donors (Lipinski definition) is 9. The van der Waals surface area contributed by atoms with Crippen LogP contribution in [0.2, 0.25) is 0 Å². The molecule has 0 bridgehead atoms. The summed E-state index contributed by atoms with van der Waals surface area (Å²) >= 11 is 0. The van der Waals surface area contributed by atoms with Crippen molar-refractivity contribution in [1.29, 1.82) is 0 Å². The number of nitrogens with one attached hydrogen (secondary N) is 1. The Morgan fingerprint density at radius 2 is 0.873 bits per heavy atom. The van der Waals surface area contributed by atoms with Crippen molar-refractivity contribution in [2.45, 2.75) is 338 Å². The minimum Gasteiger partial charge on any atom is -0.394 e. The number of allylic oxidation sites excluding steroid dienone is 8. The van der Waals surface area contributed by atoms with E-state index in [0.29, 0.717) is 12.8 Å². The highest BCUT2D eigenvalue weighted by Gasteiger charge is 2.51. The molecule has 0 saturated carbocycles. The summed E-state index contributed by atoms with van der Waals surface area (Å²) in [7, 11) is 0. The molecule has 0 aromatic rings. The molecule has 0 aliphatic carbocycles. The summed E-state index contributed by atoms with van der Waals surface area (Å²) in [6.45, 7) is 2.77. The molecule has 2 saturated heterocycles. The van der Waals surface area contributed by atoms with Crippen molar-refractivity contribution in [3.8, 4) is 0 Å². The highest BCUT2D eigenvalue weighted by atomic mass is 16.7. The van der Waals surface area contributed by atoms with Gasteiger partial charge in [-0.25, -0.2) is 0 Å². The molecule has 14 nitrogen and oxygen atoms in total. The van der Waals surface area contributed by atoms with E-state index in [2.05, 4.69) is 67.8 Å². The summed E-state index contributed by atoms with van der Waals surface area (Å²) in [5.74, 6) is -0.205. The van der Waals surface area contributed by atoms with Gasteiger partial charge in [-0.1, -0.05) is 255 Å². The van der Waals surface area contributed by atoms with E-state index in [9.17, 15) is 45.6 Å². The Hall–Kier alpha value is -2.05. The Morgan fingerprint density at radius 1 is 0.468 bits per heavy atom. The minimum absolute atomic E-state index is 0.205. The number of rotatable bonds is 52. The van der Waals surface area contributed by atoms with Crippen molar-refractivity contribution in [3.63, 3.8) is 0 Å². The maximum atomic E-state index is 13.3. The van der Waals surface area contributed by atoms with Gasteiger partial charge < -0.3 is 65.1 Å². The average molecular weight is 1120 g/mol. The van der Waals surface area contributed by atoms with Gasteiger partial charge in [0.05, 0.1) is 32.0 Å². The van der Waals surface area contributed by atoms with Crippen molar-refractivity contribution in [2.24, 2.45) is 0 Å². The second-order valence-electron chi connectivity index (χ2n) is 22.9. The Kier molecular flexibility index (Phi) is 46.7. The van der Waals surface area contributed by atoms with Crippen LogP contribution in [-0.4, -0.2) is 140 Å². The summed E-state index contributed by atoms with van der Waals surface area (Å²) in [4.78, 5) is 13.3. The van der Waals surface area contributed by atoms with E-state index in [0.717, 1.165) is 77.0 Å². The Bertz CT molecular complexity index is 1510. The van der Waals surface area contributed by atoms with Crippen LogP contribution < -0.4 is 5.32 Å². The van der Waals surface area contributed by atoms with E-state index in [-0.39, 0.29) is 12.5 Å². The zero-order chi connectivity index (χ0) is 57.4.